The number of nitrogens with zero attached hydrogens (tertiary/aromatic N) is 3. The number of amides is 1. The summed E-state index contributed by atoms with van der Waals surface area (Å²) in [4.78, 5) is 50.6. The van der Waals surface area contributed by atoms with Gasteiger partial charge in [0.25, 0.3) is 11.5 Å². The van der Waals surface area contributed by atoms with Crippen LogP contribution in [0.25, 0.3) is 22.1 Å². The lowest BCUT2D eigenvalue weighted by atomic mass is 10.2. The maximum Gasteiger partial charge on any atom is 0.329 e. The highest BCUT2D eigenvalue weighted by molar-refractivity contribution is 5.96. The Morgan fingerprint density at radius 3 is 2.82 bits per heavy atom. The van der Waals surface area contributed by atoms with Gasteiger partial charge in [-0.2, -0.15) is 0 Å². The molecule has 0 unspecified atom stereocenters. The van der Waals surface area contributed by atoms with Crippen molar-refractivity contribution >= 4 is 28.0 Å². The van der Waals surface area contributed by atoms with E-state index in [2.05, 4.69) is 25.3 Å². The van der Waals surface area contributed by atoms with Crippen LogP contribution in [0, 0.1) is 0 Å². The number of carbonyl (C=O) groups excluding carboxylic acids is 1. The zero-order valence-electron chi connectivity index (χ0n) is 15.2. The summed E-state index contributed by atoms with van der Waals surface area (Å²) in [5, 5.41) is 2.96. The Kier molecular flexibility index (Phi) is 4.48. The Labute approximate surface area is 158 Å². The van der Waals surface area contributed by atoms with Crippen molar-refractivity contribution < 1.29 is 4.79 Å². The van der Waals surface area contributed by atoms with Gasteiger partial charge in [0.2, 0.25) is 0 Å². The third kappa shape index (κ3) is 3.18. The van der Waals surface area contributed by atoms with Crippen LogP contribution in [0.4, 0.5) is 0 Å². The lowest BCUT2D eigenvalue weighted by molar-refractivity contribution is 0.0950. The molecule has 1 aromatic carbocycles. The molecule has 4 rings (SSSR count). The van der Waals surface area contributed by atoms with Crippen molar-refractivity contribution in [2.45, 2.75) is 26.4 Å². The lowest BCUT2D eigenvalue weighted by Gasteiger charge is -2.08. The summed E-state index contributed by atoms with van der Waals surface area (Å²) in [7, 11) is 0. The van der Waals surface area contributed by atoms with Gasteiger partial charge in [-0.1, -0.05) is 19.1 Å². The summed E-state index contributed by atoms with van der Waals surface area (Å²) in [5.74, 6) is 0.237. The van der Waals surface area contributed by atoms with Crippen molar-refractivity contribution in [3.05, 3.63) is 68.8 Å². The lowest BCUT2D eigenvalue weighted by Crippen LogP contribution is -2.31. The first-order valence-electron chi connectivity index (χ1n) is 8.91. The zero-order valence-corrected chi connectivity index (χ0v) is 15.2. The van der Waals surface area contributed by atoms with Gasteiger partial charge in [-0.15, -0.1) is 0 Å². The summed E-state index contributed by atoms with van der Waals surface area (Å²) >= 11 is 0. The molecule has 0 bridgehead atoms. The molecule has 0 saturated carbocycles. The molecule has 0 aliphatic heterocycles. The number of nitrogens with one attached hydrogen (secondary N) is 3. The predicted octanol–water partition coefficient (Wildman–Crippen LogP) is 1.30. The first-order valence-corrected chi connectivity index (χ1v) is 8.91. The zero-order chi connectivity index (χ0) is 19.7. The molecule has 9 nitrogen and oxygen atoms in total. The van der Waals surface area contributed by atoms with E-state index in [9.17, 15) is 14.4 Å². The molecule has 1 amide bonds. The highest BCUT2D eigenvalue weighted by Crippen LogP contribution is 2.11. The van der Waals surface area contributed by atoms with Crippen LogP contribution in [0.3, 0.4) is 0 Å². The normalized spacial score (nSPS) is 11.2. The molecule has 3 heterocycles. The van der Waals surface area contributed by atoms with E-state index in [1.54, 1.807) is 0 Å². The smallest absolute Gasteiger partial charge is 0.329 e. The minimum atomic E-state index is -0.563. The topological polar surface area (TPSA) is 126 Å². The number of imidazole rings is 1. The third-order valence-corrected chi connectivity index (χ3v) is 4.40. The first-order chi connectivity index (χ1) is 13.6. The van der Waals surface area contributed by atoms with Crippen LogP contribution in [0.5, 0.6) is 0 Å². The molecule has 0 spiro atoms. The van der Waals surface area contributed by atoms with Crippen LogP contribution in [0.1, 0.15) is 29.5 Å². The van der Waals surface area contributed by atoms with E-state index in [1.807, 2.05) is 31.2 Å². The van der Waals surface area contributed by atoms with Crippen LogP contribution < -0.4 is 16.6 Å². The molecule has 0 radical (unpaired) electrons. The number of rotatable bonds is 5. The average Bonchev–Trinajstić information content (AvgIpc) is 3.12. The number of H-pyrrole nitrogens is 2. The van der Waals surface area contributed by atoms with E-state index in [0.29, 0.717) is 18.8 Å². The number of aromatic amines is 2. The van der Waals surface area contributed by atoms with Crippen molar-refractivity contribution in [2.24, 2.45) is 0 Å². The minimum Gasteiger partial charge on any atom is -0.345 e. The molecule has 3 N–H and O–H groups in total. The third-order valence-electron chi connectivity index (χ3n) is 4.40. The summed E-state index contributed by atoms with van der Waals surface area (Å²) < 4.78 is 1.40. The molecule has 0 atom stereocenters. The second-order valence-corrected chi connectivity index (χ2v) is 6.39. The van der Waals surface area contributed by atoms with Gasteiger partial charge in [-0.25, -0.2) is 14.8 Å². The standard InChI is InChI=1S/C19H18N6O3/c1-2-7-25-16-12(18(27)24-19(25)28)8-11(9-20-16)17(26)21-10-15-22-13-5-3-4-6-14(13)23-15/h3-6,8-9H,2,7,10H2,1H3,(H,21,26)(H,22,23)(H,24,27,28). The van der Waals surface area contributed by atoms with E-state index in [1.165, 1.54) is 16.8 Å². The largest absolute Gasteiger partial charge is 0.345 e. The molecule has 0 saturated heterocycles. The number of pyridine rings is 1. The van der Waals surface area contributed by atoms with E-state index < -0.39 is 11.2 Å². The summed E-state index contributed by atoms with van der Waals surface area (Å²) in [6.45, 7) is 2.55. The van der Waals surface area contributed by atoms with Crippen molar-refractivity contribution in [1.82, 2.24) is 29.8 Å². The van der Waals surface area contributed by atoms with E-state index in [4.69, 9.17) is 0 Å². The maximum absolute atomic E-state index is 12.5. The molecular weight excluding hydrogens is 360 g/mol. The number of hydrogen-bond donors (Lipinski definition) is 3. The van der Waals surface area contributed by atoms with Gasteiger partial charge in [0, 0.05) is 12.7 Å². The molecule has 142 valence electrons. The Morgan fingerprint density at radius 1 is 1.21 bits per heavy atom. The molecular formula is C19H18N6O3. The number of hydrogen-bond acceptors (Lipinski definition) is 5. The molecule has 0 aliphatic rings. The number of para-hydroxylation sites is 2. The maximum atomic E-state index is 12.5. The fraction of sp³-hybridized carbons (Fsp3) is 0.211. The minimum absolute atomic E-state index is 0.199. The molecule has 0 fully saturated rings. The number of fused-ring (bicyclic) bond motifs is 2. The number of carbonyl (C=O) groups is 1. The second-order valence-electron chi connectivity index (χ2n) is 6.39. The van der Waals surface area contributed by atoms with Crippen molar-refractivity contribution in [3.8, 4) is 0 Å². The summed E-state index contributed by atoms with van der Waals surface area (Å²) in [5.41, 5.74) is 1.14. The fourth-order valence-corrected chi connectivity index (χ4v) is 3.08. The number of benzene rings is 1. The van der Waals surface area contributed by atoms with E-state index in [-0.39, 0.29) is 29.0 Å². The molecule has 4 aromatic rings. The highest BCUT2D eigenvalue weighted by atomic mass is 16.2. The van der Waals surface area contributed by atoms with Gasteiger partial charge in [0.05, 0.1) is 28.5 Å². The Morgan fingerprint density at radius 2 is 2.04 bits per heavy atom. The average molecular weight is 378 g/mol. The quantitative estimate of drug-likeness (QED) is 0.483. The van der Waals surface area contributed by atoms with Crippen molar-refractivity contribution in [3.63, 3.8) is 0 Å². The Hall–Kier alpha value is -3.75. The monoisotopic (exact) mass is 378 g/mol. The van der Waals surface area contributed by atoms with Crippen LogP contribution >= 0.6 is 0 Å². The van der Waals surface area contributed by atoms with E-state index >= 15 is 0 Å². The Bertz CT molecular complexity index is 1270. The van der Waals surface area contributed by atoms with Crippen molar-refractivity contribution in [2.75, 3.05) is 0 Å². The first kappa shape index (κ1) is 17.7. The molecule has 3 aromatic heterocycles. The number of aryl methyl sites for hydroxylation is 1. The van der Waals surface area contributed by atoms with Crippen LogP contribution in [-0.4, -0.2) is 30.4 Å². The molecule has 0 aliphatic carbocycles. The highest BCUT2D eigenvalue weighted by Gasteiger charge is 2.13. The van der Waals surface area contributed by atoms with Gasteiger partial charge in [0.1, 0.15) is 11.5 Å². The van der Waals surface area contributed by atoms with Gasteiger partial charge in [-0.3, -0.25) is 19.1 Å². The van der Waals surface area contributed by atoms with Crippen LogP contribution in [-0.2, 0) is 13.1 Å². The Balaban J connectivity index is 1.60. The SMILES string of the molecule is CCCn1c(=O)[nH]c(=O)c2cc(C(=O)NCc3nc4ccccc4[nH]3)cnc21. The van der Waals surface area contributed by atoms with Crippen LogP contribution in [0.15, 0.2) is 46.1 Å². The van der Waals surface area contributed by atoms with Gasteiger partial charge >= 0.3 is 5.69 Å². The summed E-state index contributed by atoms with van der Waals surface area (Å²) in [6, 6.07) is 9.03. The molecule has 9 heteroatoms. The van der Waals surface area contributed by atoms with Gasteiger partial charge in [0.15, 0.2) is 0 Å². The summed E-state index contributed by atoms with van der Waals surface area (Å²) in [6.07, 6.45) is 2.07. The van der Waals surface area contributed by atoms with Gasteiger partial charge in [-0.05, 0) is 24.6 Å². The van der Waals surface area contributed by atoms with Gasteiger partial charge < -0.3 is 10.3 Å². The second kappa shape index (κ2) is 7.10. The van der Waals surface area contributed by atoms with Crippen molar-refractivity contribution in [1.29, 1.82) is 0 Å². The fourth-order valence-electron chi connectivity index (χ4n) is 3.08. The predicted molar refractivity (Wildman–Crippen MR) is 104 cm³/mol. The molecule has 28 heavy (non-hydrogen) atoms. The van der Waals surface area contributed by atoms with E-state index in [0.717, 1.165) is 11.0 Å². The van der Waals surface area contributed by atoms with Crippen LogP contribution in [0.2, 0.25) is 0 Å². The number of aromatic nitrogens is 5.